The Bertz CT molecular complexity index is 2270. The Hall–Kier alpha value is -4.91. The number of amides is 1. The minimum Gasteiger partial charge on any atom is -0.463 e. The van der Waals surface area contributed by atoms with Crippen molar-refractivity contribution in [1.82, 2.24) is 28.9 Å². The Kier molecular flexibility index (Phi) is 10.1. The van der Waals surface area contributed by atoms with Gasteiger partial charge in [-0.1, -0.05) is 62.7 Å². The molecular formula is C35H36ClF5N8O5S. The predicted molar refractivity (Wildman–Crippen MR) is 189 cm³/mol. The number of nitrogens with two attached hydrogens (primary N) is 1. The van der Waals surface area contributed by atoms with Gasteiger partial charge in [-0.2, -0.15) is 27.5 Å². The number of nitrogens with zero attached hydrogens (tertiary/aromatic N) is 7. The van der Waals surface area contributed by atoms with Gasteiger partial charge in [-0.15, -0.1) is 0 Å². The lowest BCUT2D eigenvalue weighted by Crippen LogP contribution is -2.47. The van der Waals surface area contributed by atoms with E-state index in [0.717, 1.165) is 26.3 Å². The first-order valence-corrected chi connectivity index (χ1v) is 19.0. The van der Waals surface area contributed by atoms with Crippen molar-refractivity contribution in [1.29, 1.82) is 0 Å². The summed E-state index contributed by atoms with van der Waals surface area (Å²) < 4.78 is 99.9. The third-order valence-electron chi connectivity index (χ3n) is 9.51. The highest BCUT2D eigenvalue weighted by molar-refractivity contribution is 7.89. The molecule has 6 rings (SSSR count). The van der Waals surface area contributed by atoms with Crippen molar-refractivity contribution < 1.29 is 44.7 Å². The fourth-order valence-corrected chi connectivity index (χ4v) is 7.38. The number of alkyl halides is 5. The number of aliphatic imine (C=N–C) groups is 1. The number of guanidine groups is 1. The second kappa shape index (κ2) is 14.0. The highest BCUT2D eigenvalue weighted by Gasteiger charge is 2.64. The lowest BCUT2D eigenvalue weighted by atomic mass is 9.75. The maximum Gasteiger partial charge on any atom is 0.395 e. The molecule has 1 saturated carbocycles. The summed E-state index contributed by atoms with van der Waals surface area (Å²) in [6.45, 7) is 4.94. The van der Waals surface area contributed by atoms with E-state index in [2.05, 4.69) is 15.2 Å². The Morgan fingerprint density at radius 1 is 1.05 bits per heavy atom. The zero-order chi connectivity index (χ0) is 40.3. The molecule has 2 N–H and O–H groups in total. The van der Waals surface area contributed by atoms with Crippen LogP contribution in [-0.4, -0.2) is 74.1 Å². The van der Waals surface area contributed by atoms with Crippen LogP contribution in [0, 0.1) is 10.8 Å². The topological polar surface area (TPSA) is 168 Å². The minimum atomic E-state index is -4.63. The van der Waals surface area contributed by atoms with Gasteiger partial charge < -0.3 is 10.5 Å². The van der Waals surface area contributed by atoms with Gasteiger partial charge in [0.05, 0.1) is 47.2 Å². The van der Waals surface area contributed by atoms with Crippen molar-refractivity contribution >= 4 is 39.5 Å². The summed E-state index contributed by atoms with van der Waals surface area (Å²) in [4.78, 5) is 37.3. The third-order valence-corrected chi connectivity index (χ3v) is 10.7. The summed E-state index contributed by atoms with van der Waals surface area (Å²) in [7, 11) is -3.65. The molecule has 0 saturated heterocycles. The highest BCUT2D eigenvalue weighted by Crippen LogP contribution is 2.60. The lowest BCUT2D eigenvalue weighted by molar-refractivity contribution is -0.195. The first-order chi connectivity index (χ1) is 25.5. The fraction of sp³-hybridized carbons (Fsp3) is 0.429. The number of benzene rings is 2. The number of hydrogen-bond donors (Lipinski definition) is 1. The molecular weight excluding hydrogens is 775 g/mol. The first-order valence-electron chi connectivity index (χ1n) is 16.8. The Labute approximate surface area is 317 Å². The zero-order valence-electron chi connectivity index (χ0n) is 29.9. The summed E-state index contributed by atoms with van der Waals surface area (Å²) in [5.74, 6) is -2.88. The quantitative estimate of drug-likeness (QED) is 0.127. The maximum atomic E-state index is 14.9. The molecule has 55 heavy (non-hydrogen) atoms. The van der Waals surface area contributed by atoms with Gasteiger partial charge in [-0.3, -0.25) is 14.5 Å². The highest BCUT2D eigenvalue weighted by atomic mass is 35.5. The second-order valence-electron chi connectivity index (χ2n) is 14.9. The molecule has 13 nitrogen and oxygen atoms in total. The zero-order valence-corrected chi connectivity index (χ0v) is 31.5. The van der Waals surface area contributed by atoms with E-state index in [1.54, 1.807) is 24.3 Å². The van der Waals surface area contributed by atoms with Crippen LogP contribution >= 0.6 is 11.6 Å². The largest absolute Gasteiger partial charge is 0.463 e. The summed E-state index contributed by atoms with van der Waals surface area (Å²) in [5.41, 5.74) is 3.65. The fourth-order valence-electron chi connectivity index (χ4n) is 6.66. The number of carbonyl (C=O) groups excluding carboxylic acids is 2. The van der Waals surface area contributed by atoms with Crippen LogP contribution in [0.5, 0.6) is 0 Å². The number of halogens is 6. The van der Waals surface area contributed by atoms with Crippen molar-refractivity contribution in [2.45, 2.75) is 70.6 Å². The van der Waals surface area contributed by atoms with E-state index in [1.807, 2.05) is 20.8 Å². The standard InChI is InChI=1S/C35H36ClF5N8O5S/c1-32(2,3)18-34(23-8-5-20(6-9-23)22-15-44-47(16-22)55(4,52)53)30(51)48(31(42)46-34)26(17-54-27(50)14-33(11-12-33)35(39,40)41)21-7-10-24(36)25(13-21)49-29(28(37)38)43-19-45-49/h5-10,13,15-16,19,26,28H,11-12,14,17-18H2,1-4H3,(H2,42,46)/t26-,34-/m1/s1. The summed E-state index contributed by atoms with van der Waals surface area (Å²) in [5, 5.41) is 7.73. The first kappa shape index (κ1) is 39.8. The van der Waals surface area contributed by atoms with Crippen molar-refractivity contribution in [3.05, 3.63) is 83.2 Å². The van der Waals surface area contributed by atoms with Gasteiger partial charge in [0.2, 0.25) is 0 Å². The van der Waals surface area contributed by atoms with E-state index in [0.29, 0.717) is 16.7 Å². The molecule has 2 aromatic carbocycles. The van der Waals surface area contributed by atoms with Crippen LogP contribution in [0.4, 0.5) is 22.0 Å². The average Bonchev–Trinajstić information content (AvgIpc) is 3.40. The molecule has 20 heteroatoms. The van der Waals surface area contributed by atoms with Crippen LogP contribution in [0.15, 0.2) is 66.2 Å². The minimum absolute atomic E-state index is 0.0358. The number of rotatable bonds is 12. The second-order valence-corrected chi connectivity index (χ2v) is 17.1. The third kappa shape index (κ3) is 7.81. The number of hydrogen-bond acceptors (Lipinski definition) is 10. The van der Waals surface area contributed by atoms with Gasteiger partial charge in [0.15, 0.2) is 17.3 Å². The summed E-state index contributed by atoms with van der Waals surface area (Å²) >= 11 is 6.42. The predicted octanol–water partition coefficient (Wildman–Crippen LogP) is 6.34. The molecule has 0 unspecified atom stereocenters. The van der Waals surface area contributed by atoms with E-state index >= 15 is 0 Å². The monoisotopic (exact) mass is 810 g/mol. The normalized spacial score (nSPS) is 19.1. The van der Waals surface area contributed by atoms with Crippen LogP contribution in [0.1, 0.15) is 75.9 Å². The number of carbonyl (C=O) groups is 2. The van der Waals surface area contributed by atoms with Crippen LogP contribution in [0.3, 0.4) is 0 Å². The van der Waals surface area contributed by atoms with Crippen molar-refractivity contribution in [2.24, 2.45) is 21.6 Å². The molecule has 2 aliphatic rings. The lowest BCUT2D eigenvalue weighted by Gasteiger charge is -2.35. The Morgan fingerprint density at radius 3 is 2.29 bits per heavy atom. The molecule has 3 heterocycles. The maximum absolute atomic E-state index is 14.9. The Balaban J connectivity index is 1.41. The molecule has 1 aliphatic heterocycles. The van der Waals surface area contributed by atoms with Gasteiger partial charge in [-0.25, -0.2) is 31.9 Å². The number of ether oxygens (including phenoxy) is 1. The van der Waals surface area contributed by atoms with Gasteiger partial charge in [0, 0.05) is 5.56 Å². The molecule has 0 radical (unpaired) electrons. The molecule has 0 bridgehead atoms. The smallest absolute Gasteiger partial charge is 0.395 e. The van der Waals surface area contributed by atoms with Gasteiger partial charge in [0.1, 0.15) is 12.9 Å². The van der Waals surface area contributed by atoms with Crippen molar-refractivity contribution in [2.75, 3.05) is 12.9 Å². The van der Waals surface area contributed by atoms with Gasteiger partial charge in [0.25, 0.3) is 22.4 Å². The summed E-state index contributed by atoms with van der Waals surface area (Å²) in [6.07, 6.45) is -4.38. The van der Waals surface area contributed by atoms with E-state index in [9.17, 15) is 40.0 Å². The van der Waals surface area contributed by atoms with Crippen molar-refractivity contribution in [3.63, 3.8) is 0 Å². The van der Waals surface area contributed by atoms with Crippen molar-refractivity contribution in [3.8, 4) is 16.8 Å². The van der Waals surface area contributed by atoms with Crippen LogP contribution in [0.25, 0.3) is 16.8 Å². The Morgan fingerprint density at radius 2 is 1.73 bits per heavy atom. The molecule has 2 aromatic heterocycles. The average molecular weight is 811 g/mol. The molecule has 1 amide bonds. The SMILES string of the molecule is CC(C)(C)C[C@]1(c2ccc(-c3cnn(S(C)(=O)=O)c3)cc2)N=C(N)N([C@H](COC(=O)CC2(C(F)(F)F)CC2)c2ccc(Cl)c(-n3ncnc3C(F)F)c2)C1=O. The molecule has 4 aromatic rings. The van der Waals surface area contributed by atoms with Gasteiger partial charge >= 0.3 is 12.1 Å². The van der Waals surface area contributed by atoms with Crippen LogP contribution < -0.4 is 5.73 Å². The van der Waals surface area contributed by atoms with E-state index in [-0.39, 0.29) is 41.5 Å². The van der Waals surface area contributed by atoms with Gasteiger partial charge in [-0.05, 0) is 53.5 Å². The molecule has 1 fully saturated rings. The van der Waals surface area contributed by atoms with Crippen LogP contribution in [-0.2, 0) is 29.9 Å². The van der Waals surface area contributed by atoms with Crippen LogP contribution in [0.2, 0.25) is 5.02 Å². The van der Waals surface area contributed by atoms with E-state index in [4.69, 9.17) is 27.1 Å². The molecule has 2 atom stereocenters. The summed E-state index contributed by atoms with van der Waals surface area (Å²) in [6, 6.07) is 9.32. The molecule has 294 valence electrons. The molecule has 0 spiro atoms. The van der Waals surface area contributed by atoms with E-state index in [1.165, 1.54) is 30.6 Å². The molecule has 1 aliphatic carbocycles. The number of aromatic nitrogens is 5. The number of esters is 1. The van der Waals surface area contributed by atoms with E-state index < -0.39 is 75.8 Å².